The maximum absolute atomic E-state index is 12.1. The lowest BCUT2D eigenvalue weighted by atomic mass is 10.2. The first kappa shape index (κ1) is 16.1. The summed E-state index contributed by atoms with van der Waals surface area (Å²) in [5.74, 6) is 0.454. The number of hydrogen-bond acceptors (Lipinski definition) is 7. The number of nitrogens with zero attached hydrogens (tertiary/aromatic N) is 5. The molecular weight excluding hydrogens is 314 g/mol. The molecule has 7 nitrogen and oxygen atoms in total. The van der Waals surface area contributed by atoms with Crippen LogP contribution < -0.4 is 10.5 Å². The predicted molar refractivity (Wildman–Crippen MR) is 89.9 cm³/mol. The van der Waals surface area contributed by atoms with Crippen LogP contribution in [0.1, 0.15) is 5.01 Å². The highest BCUT2D eigenvalue weighted by molar-refractivity contribution is 7.09. The Morgan fingerprint density at radius 1 is 1.43 bits per heavy atom. The van der Waals surface area contributed by atoms with E-state index >= 15 is 0 Å². The molecule has 1 fully saturated rings. The fourth-order valence-corrected chi connectivity index (χ4v) is 3.35. The quantitative estimate of drug-likeness (QED) is 0.796. The van der Waals surface area contributed by atoms with Crippen molar-refractivity contribution >= 4 is 17.2 Å². The van der Waals surface area contributed by atoms with E-state index in [-0.39, 0.29) is 11.7 Å². The SMILES string of the molecule is CN(C[C@@H]1CN(Cc2nccs2)CCO1)c1nccn(C)c1=O. The second kappa shape index (κ2) is 7.20. The summed E-state index contributed by atoms with van der Waals surface area (Å²) in [5.41, 5.74) is -0.0922. The first-order valence-electron chi connectivity index (χ1n) is 7.58. The Balaban J connectivity index is 1.60. The summed E-state index contributed by atoms with van der Waals surface area (Å²) in [6, 6.07) is 0. The number of aryl methyl sites for hydroxylation is 1. The van der Waals surface area contributed by atoms with Crippen LogP contribution in [-0.2, 0) is 18.3 Å². The van der Waals surface area contributed by atoms with E-state index in [1.54, 1.807) is 30.8 Å². The van der Waals surface area contributed by atoms with Crippen molar-refractivity contribution in [2.45, 2.75) is 12.6 Å². The summed E-state index contributed by atoms with van der Waals surface area (Å²) in [7, 11) is 3.61. The van der Waals surface area contributed by atoms with Gasteiger partial charge in [0.05, 0.1) is 19.3 Å². The number of anilines is 1. The molecule has 23 heavy (non-hydrogen) atoms. The lowest BCUT2D eigenvalue weighted by Gasteiger charge is -2.34. The Kier molecular flexibility index (Phi) is 5.04. The first-order chi connectivity index (χ1) is 11.1. The number of likely N-dealkylation sites (N-methyl/N-ethyl adjacent to an activating group) is 1. The maximum atomic E-state index is 12.1. The molecular formula is C15H21N5O2S. The summed E-state index contributed by atoms with van der Waals surface area (Å²) in [5, 5.41) is 3.12. The largest absolute Gasteiger partial charge is 0.374 e. The minimum Gasteiger partial charge on any atom is -0.374 e. The minimum atomic E-state index is -0.0922. The summed E-state index contributed by atoms with van der Waals surface area (Å²) in [4.78, 5) is 24.9. The van der Waals surface area contributed by atoms with Gasteiger partial charge in [-0.2, -0.15) is 0 Å². The molecule has 1 saturated heterocycles. The summed E-state index contributed by atoms with van der Waals surface area (Å²) >= 11 is 1.67. The van der Waals surface area contributed by atoms with Crippen molar-refractivity contribution in [1.82, 2.24) is 19.4 Å². The van der Waals surface area contributed by atoms with E-state index in [0.717, 1.165) is 24.6 Å². The fraction of sp³-hybridized carbons (Fsp3) is 0.533. The van der Waals surface area contributed by atoms with Gasteiger partial charge in [0, 0.05) is 57.7 Å². The first-order valence-corrected chi connectivity index (χ1v) is 8.46. The second-order valence-corrected chi connectivity index (χ2v) is 6.68. The number of rotatable bonds is 5. The zero-order chi connectivity index (χ0) is 16.2. The van der Waals surface area contributed by atoms with Gasteiger partial charge in [-0.3, -0.25) is 9.69 Å². The van der Waals surface area contributed by atoms with Gasteiger partial charge in [-0.25, -0.2) is 9.97 Å². The smallest absolute Gasteiger partial charge is 0.293 e. The van der Waals surface area contributed by atoms with Crippen molar-refractivity contribution in [3.8, 4) is 0 Å². The Morgan fingerprint density at radius 3 is 3.09 bits per heavy atom. The molecule has 0 amide bonds. The number of aromatic nitrogens is 3. The van der Waals surface area contributed by atoms with E-state index in [1.165, 1.54) is 4.57 Å². The molecule has 1 atom stereocenters. The van der Waals surface area contributed by atoms with E-state index in [1.807, 2.05) is 23.5 Å². The lowest BCUT2D eigenvalue weighted by molar-refractivity contribution is -0.0265. The van der Waals surface area contributed by atoms with Crippen LogP contribution in [0.15, 0.2) is 28.8 Å². The lowest BCUT2D eigenvalue weighted by Crippen LogP contribution is -2.47. The molecule has 0 spiro atoms. The molecule has 124 valence electrons. The van der Waals surface area contributed by atoms with E-state index in [2.05, 4.69) is 14.9 Å². The van der Waals surface area contributed by atoms with Gasteiger partial charge in [0.15, 0.2) is 5.82 Å². The van der Waals surface area contributed by atoms with Gasteiger partial charge in [-0.1, -0.05) is 0 Å². The van der Waals surface area contributed by atoms with Crippen molar-refractivity contribution in [3.05, 3.63) is 39.3 Å². The minimum absolute atomic E-state index is 0.0559. The van der Waals surface area contributed by atoms with Crippen molar-refractivity contribution in [2.24, 2.45) is 7.05 Å². The second-order valence-electron chi connectivity index (χ2n) is 5.70. The predicted octanol–water partition coefficient (Wildman–Crippen LogP) is 0.574. The van der Waals surface area contributed by atoms with Crippen LogP contribution in [-0.4, -0.2) is 58.8 Å². The average molecular weight is 335 g/mol. The highest BCUT2D eigenvalue weighted by atomic mass is 32.1. The molecule has 1 aliphatic rings. The van der Waals surface area contributed by atoms with Crippen LogP contribution in [0, 0.1) is 0 Å². The van der Waals surface area contributed by atoms with E-state index in [4.69, 9.17) is 4.74 Å². The van der Waals surface area contributed by atoms with Crippen molar-refractivity contribution in [1.29, 1.82) is 0 Å². The standard InChI is InChI=1S/C15H21N5O2S/c1-18-5-3-17-14(15(18)21)19(2)9-12-10-20(6-7-22-12)11-13-16-4-8-23-13/h3-5,8,12H,6-7,9-11H2,1-2H3/t12-/m1/s1. The van der Waals surface area contributed by atoms with Gasteiger partial charge in [0.1, 0.15) is 5.01 Å². The van der Waals surface area contributed by atoms with Crippen LogP contribution in [0.4, 0.5) is 5.82 Å². The Hall–Kier alpha value is -1.77. The molecule has 0 aromatic carbocycles. The average Bonchev–Trinajstić information content (AvgIpc) is 3.03. The van der Waals surface area contributed by atoms with Gasteiger partial charge in [-0.15, -0.1) is 11.3 Å². The van der Waals surface area contributed by atoms with E-state index in [9.17, 15) is 4.79 Å². The molecule has 8 heteroatoms. The molecule has 3 heterocycles. The van der Waals surface area contributed by atoms with Crippen LogP contribution >= 0.6 is 11.3 Å². The Bertz CT molecular complexity index is 687. The van der Waals surface area contributed by atoms with Crippen LogP contribution in [0.25, 0.3) is 0 Å². The summed E-state index contributed by atoms with van der Waals surface area (Å²) < 4.78 is 7.39. The van der Waals surface area contributed by atoms with Crippen molar-refractivity contribution in [2.75, 3.05) is 38.2 Å². The summed E-state index contributed by atoms with van der Waals surface area (Å²) in [6.07, 6.45) is 5.19. The summed E-state index contributed by atoms with van der Waals surface area (Å²) in [6.45, 7) is 3.93. The molecule has 0 bridgehead atoms. The van der Waals surface area contributed by atoms with Crippen LogP contribution in [0.5, 0.6) is 0 Å². The van der Waals surface area contributed by atoms with Crippen LogP contribution in [0.3, 0.4) is 0 Å². The molecule has 0 unspecified atom stereocenters. The fourth-order valence-electron chi connectivity index (χ4n) is 2.70. The molecule has 3 rings (SSSR count). The van der Waals surface area contributed by atoms with Gasteiger partial charge >= 0.3 is 0 Å². The highest BCUT2D eigenvalue weighted by Gasteiger charge is 2.23. The molecule has 2 aromatic rings. The topological polar surface area (TPSA) is 63.5 Å². The number of morpholine rings is 1. The Morgan fingerprint density at radius 2 is 2.30 bits per heavy atom. The third-order valence-corrected chi connectivity index (χ3v) is 4.67. The Labute approximate surface area is 139 Å². The zero-order valence-corrected chi connectivity index (χ0v) is 14.2. The van der Waals surface area contributed by atoms with Crippen molar-refractivity contribution < 1.29 is 4.74 Å². The number of thiazole rings is 1. The number of ether oxygens (including phenoxy) is 1. The van der Waals surface area contributed by atoms with Gasteiger partial charge in [0.25, 0.3) is 5.56 Å². The van der Waals surface area contributed by atoms with E-state index < -0.39 is 0 Å². The molecule has 2 aromatic heterocycles. The van der Waals surface area contributed by atoms with Gasteiger partial charge in [-0.05, 0) is 0 Å². The molecule has 1 aliphatic heterocycles. The third kappa shape index (κ3) is 3.95. The molecule has 0 aliphatic carbocycles. The maximum Gasteiger partial charge on any atom is 0.293 e. The van der Waals surface area contributed by atoms with Gasteiger partial charge in [0.2, 0.25) is 0 Å². The molecule has 0 N–H and O–H groups in total. The molecule has 0 radical (unpaired) electrons. The molecule has 0 saturated carbocycles. The normalized spacial score (nSPS) is 19.0. The number of hydrogen-bond donors (Lipinski definition) is 0. The van der Waals surface area contributed by atoms with E-state index in [0.29, 0.717) is 19.0 Å². The van der Waals surface area contributed by atoms with Gasteiger partial charge < -0.3 is 14.2 Å². The zero-order valence-electron chi connectivity index (χ0n) is 13.4. The third-order valence-electron chi connectivity index (χ3n) is 3.90. The van der Waals surface area contributed by atoms with Crippen LogP contribution in [0.2, 0.25) is 0 Å². The monoisotopic (exact) mass is 335 g/mol. The van der Waals surface area contributed by atoms with Crippen molar-refractivity contribution in [3.63, 3.8) is 0 Å². The highest BCUT2D eigenvalue weighted by Crippen LogP contribution is 2.13.